The van der Waals surface area contributed by atoms with Gasteiger partial charge in [0.2, 0.25) is 0 Å². The topological polar surface area (TPSA) is 70.2 Å². The van der Waals surface area contributed by atoms with Crippen molar-refractivity contribution in [1.82, 2.24) is 20.4 Å². The number of ether oxygens (including phenoxy) is 1. The van der Waals surface area contributed by atoms with Gasteiger partial charge in [0, 0.05) is 25.9 Å². The number of likely N-dealkylation sites (tertiary alicyclic amines) is 1. The Kier molecular flexibility index (Phi) is 5.55. The lowest BCUT2D eigenvalue weighted by Crippen LogP contribution is -2.39. The molecule has 1 saturated heterocycles. The molecule has 0 spiro atoms. The van der Waals surface area contributed by atoms with Gasteiger partial charge in [-0.1, -0.05) is 0 Å². The number of aromatic nitrogens is 2. The van der Waals surface area contributed by atoms with E-state index in [-0.39, 0.29) is 5.91 Å². The largest absolute Gasteiger partial charge is 0.383 e. The number of H-pyrrole nitrogens is 1. The summed E-state index contributed by atoms with van der Waals surface area (Å²) >= 11 is 0. The summed E-state index contributed by atoms with van der Waals surface area (Å²) in [6, 6.07) is 1.77. The lowest BCUT2D eigenvalue weighted by molar-refractivity contribution is 0.0921. The van der Waals surface area contributed by atoms with Crippen molar-refractivity contribution in [3.05, 3.63) is 17.5 Å². The van der Waals surface area contributed by atoms with E-state index in [1.54, 1.807) is 13.2 Å². The second kappa shape index (κ2) is 7.40. The number of methoxy groups -OCH3 is 1. The monoisotopic (exact) mass is 280 g/mol. The number of nitrogens with one attached hydrogen (secondary N) is 2. The van der Waals surface area contributed by atoms with Crippen LogP contribution in [0, 0.1) is 12.8 Å². The molecule has 2 N–H and O–H groups in total. The summed E-state index contributed by atoms with van der Waals surface area (Å²) in [5.41, 5.74) is 1.38. The maximum absolute atomic E-state index is 11.9. The van der Waals surface area contributed by atoms with Crippen LogP contribution in [0.25, 0.3) is 0 Å². The Morgan fingerprint density at radius 1 is 1.55 bits per heavy atom. The molecular weight excluding hydrogens is 256 g/mol. The Balaban J connectivity index is 1.67. The molecule has 0 aliphatic carbocycles. The van der Waals surface area contributed by atoms with Gasteiger partial charge in [0.25, 0.3) is 5.91 Å². The minimum Gasteiger partial charge on any atom is -0.383 e. The van der Waals surface area contributed by atoms with Gasteiger partial charge in [-0.2, -0.15) is 5.10 Å². The van der Waals surface area contributed by atoms with Crippen molar-refractivity contribution in [2.45, 2.75) is 19.8 Å². The fourth-order valence-electron chi connectivity index (χ4n) is 2.50. The van der Waals surface area contributed by atoms with Crippen LogP contribution in [0.4, 0.5) is 0 Å². The average molecular weight is 280 g/mol. The van der Waals surface area contributed by atoms with Gasteiger partial charge in [0.05, 0.1) is 6.61 Å². The molecular formula is C14H24N4O2. The first-order valence-corrected chi connectivity index (χ1v) is 7.20. The number of piperidine rings is 1. The first-order chi connectivity index (χ1) is 9.69. The Hall–Kier alpha value is -1.40. The smallest absolute Gasteiger partial charge is 0.271 e. The van der Waals surface area contributed by atoms with E-state index < -0.39 is 0 Å². The molecule has 112 valence electrons. The minimum absolute atomic E-state index is 0.0869. The van der Waals surface area contributed by atoms with Gasteiger partial charge in [-0.05, 0) is 44.8 Å². The van der Waals surface area contributed by atoms with E-state index in [2.05, 4.69) is 20.4 Å². The lowest BCUT2D eigenvalue weighted by Gasteiger charge is -2.31. The maximum Gasteiger partial charge on any atom is 0.271 e. The van der Waals surface area contributed by atoms with Crippen molar-refractivity contribution >= 4 is 5.91 Å². The predicted octanol–water partition coefficient (Wildman–Crippen LogP) is 0.806. The molecule has 20 heavy (non-hydrogen) atoms. The summed E-state index contributed by atoms with van der Waals surface area (Å²) in [6.45, 7) is 6.60. The fourth-order valence-corrected chi connectivity index (χ4v) is 2.50. The summed E-state index contributed by atoms with van der Waals surface area (Å²) in [5.74, 6) is 0.481. The van der Waals surface area contributed by atoms with Crippen LogP contribution in [0.3, 0.4) is 0 Å². The Labute approximate surface area is 119 Å². The van der Waals surface area contributed by atoms with Gasteiger partial charge in [-0.15, -0.1) is 0 Å². The third-order valence-electron chi connectivity index (χ3n) is 3.81. The van der Waals surface area contributed by atoms with Gasteiger partial charge >= 0.3 is 0 Å². The summed E-state index contributed by atoms with van der Waals surface area (Å²) in [4.78, 5) is 14.3. The molecule has 6 nitrogen and oxygen atoms in total. The molecule has 1 aromatic heterocycles. The third-order valence-corrected chi connectivity index (χ3v) is 3.81. The van der Waals surface area contributed by atoms with Crippen molar-refractivity contribution in [2.24, 2.45) is 5.92 Å². The molecule has 1 aliphatic heterocycles. The number of hydrogen-bond acceptors (Lipinski definition) is 4. The first kappa shape index (κ1) is 15.0. The highest BCUT2D eigenvalue weighted by molar-refractivity contribution is 5.92. The van der Waals surface area contributed by atoms with Gasteiger partial charge < -0.3 is 15.0 Å². The summed E-state index contributed by atoms with van der Waals surface area (Å²) in [5, 5.41) is 9.72. The van der Waals surface area contributed by atoms with Crippen LogP contribution in [0.2, 0.25) is 0 Å². The van der Waals surface area contributed by atoms with E-state index in [9.17, 15) is 4.79 Å². The lowest BCUT2D eigenvalue weighted by atomic mass is 9.97. The molecule has 1 aliphatic rings. The molecule has 6 heteroatoms. The van der Waals surface area contributed by atoms with Crippen molar-refractivity contribution in [1.29, 1.82) is 0 Å². The zero-order valence-corrected chi connectivity index (χ0v) is 12.3. The molecule has 0 radical (unpaired) electrons. The minimum atomic E-state index is -0.0869. The Bertz CT molecular complexity index is 425. The average Bonchev–Trinajstić information content (AvgIpc) is 2.90. The Morgan fingerprint density at radius 3 is 2.90 bits per heavy atom. The van der Waals surface area contributed by atoms with Crippen LogP contribution in [-0.4, -0.2) is 60.9 Å². The molecule has 0 saturated carbocycles. The van der Waals surface area contributed by atoms with Crippen LogP contribution < -0.4 is 5.32 Å². The number of nitrogens with zero attached hydrogens (tertiary/aromatic N) is 2. The first-order valence-electron chi connectivity index (χ1n) is 7.20. The van der Waals surface area contributed by atoms with E-state index in [0.29, 0.717) is 11.6 Å². The highest BCUT2D eigenvalue weighted by atomic mass is 16.5. The van der Waals surface area contributed by atoms with Gasteiger partial charge in [-0.3, -0.25) is 9.89 Å². The van der Waals surface area contributed by atoms with Gasteiger partial charge in [0.15, 0.2) is 0 Å². The third kappa shape index (κ3) is 4.31. The standard InChI is InChI=1S/C14H24N4O2/c1-11-9-13(17-16-11)14(19)15-10-12-3-5-18(6-4-12)7-8-20-2/h9,12H,3-8,10H2,1-2H3,(H,15,19)(H,16,17). The van der Waals surface area contributed by atoms with E-state index in [1.165, 1.54) is 0 Å². The molecule has 1 fully saturated rings. The molecule has 0 aromatic carbocycles. The van der Waals surface area contributed by atoms with E-state index >= 15 is 0 Å². The highest BCUT2D eigenvalue weighted by Crippen LogP contribution is 2.16. The van der Waals surface area contributed by atoms with Crippen LogP contribution in [0.1, 0.15) is 29.0 Å². The van der Waals surface area contributed by atoms with Crippen LogP contribution in [0.5, 0.6) is 0 Å². The number of carbonyl (C=O) groups excluding carboxylic acids is 1. The normalized spacial score (nSPS) is 17.3. The summed E-state index contributed by atoms with van der Waals surface area (Å²) in [7, 11) is 1.74. The Morgan fingerprint density at radius 2 is 2.30 bits per heavy atom. The molecule has 0 atom stereocenters. The van der Waals surface area contributed by atoms with Crippen molar-refractivity contribution in [3.63, 3.8) is 0 Å². The highest BCUT2D eigenvalue weighted by Gasteiger charge is 2.20. The van der Waals surface area contributed by atoms with Crippen molar-refractivity contribution in [2.75, 3.05) is 39.9 Å². The maximum atomic E-state index is 11.9. The summed E-state index contributed by atoms with van der Waals surface area (Å²) < 4.78 is 5.09. The number of amides is 1. The van der Waals surface area contributed by atoms with E-state index in [0.717, 1.165) is 51.3 Å². The zero-order chi connectivity index (χ0) is 14.4. The quantitative estimate of drug-likeness (QED) is 0.809. The van der Waals surface area contributed by atoms with Crippen LogP contribution in [0.15, 0.2) is 6.07 Å². The number of aryl methyl sites for hydroxylation is 1. The molecule has 2 rings (SSSR count). The van der Waals surface area contributed by atoms with E-state index in [1.807, 2.05) is 6.92 Å². The SMILES string of the molecule is COCCN1CCC(CNC(=O)c2cc(C)[nH]n2)CC1. The van der Waals surface area contributed by atoms with Crippen LogP contribution >= 0.6 is 0 Å². The predicted molar refractivity (Wildman–Crippen MR) is 76.7 cm³/mol. The molecule has 0 unspecified atom stereocenters. The molecule has 2 heterocycles. The fraction of sp³-hybridized carbons (Fsp3) is 0.714. The molecule has 1 aromatic rings. The number of rotatable bonds is 6. The van der Waals surface area contributed by atoms with Crippen molar-refractivity contribution in [3.8, 4) is 0 Å². The zero-order valence-electron chi connectivity index (χ0n) is 12.3. The second-order valence-electron chi connectivity index (χ2n) is 5.42. The number of carbonyl (C=O) groups is 1. The van der Waals surface area contributed by atoms with Crippen LogP contribution in [-0.2, 0) is 4.74 Å². The number of hydrogen-bond donors (Lipinski definition) is 2. The second-order valence-corrected chi connectivity index (χ2v) is 5.42. The van der Waals surface area contributed by atoms with E-state index in [4.69, 9.17) is 4.74 Å². The van der Waals surface area contributed by atoms with Crippen molar-refractivity contribution < 1.29 is 9.53 Å². The number of aromatic amines is 1. The summed E-state index contributed by atoms with van der Waals surface area (Å²) in [6.07, 6.45) is 2.26. The van der Waals surface area contributed by atoms with Gasteiger partial charge in [-0.25, -0.2) is 0 Å². The van der Waals surface area contributed by atoms with Gasteiger partial charge in [0.1, 0.15) is 5.69 Å². The molecule has 1 amide bonds. The molecule has 0 bridgehead atoms.